The number of halogens is 1. The Hall–Kier alpha value is -0.700. The van der Waals surface area contributed by atoms with Gasteiger partial charge in [-0.2, -0.15) is 0 Å². The number of fused-ring (bicyclic) bond motifs is 1. The molecule has 0 amide bonds. The van der Waals surface area contributed by atoms with Gasteiger partial charge in [0.15, 0.2) is 0 Å². The fraction of sp³-hybridized carbons (Fsp3) is 0.682. The zero-order chi connectivity index (χ0) is 20.3. The van der Waals surface area contributed by atoms with Crippen molar-refractivity contribution in [1.29, 1.82) is 0 Å². The van der Waals surface area contributed by atoms with E-state index in [1.165, 1.54) is 0 Å². The minimum atomic E-state index is -4.96. The molecule has 0 aromatic heterocycles. The maximum absolute atomic E-state index is 12.7. The number of carbonyl (C=O) groups excluding carboxylic acids is 1. The van der Waals surface area contributed by atoms with Crippen molar-refractivity contribution in [1.82, 2.24) is 0 Å². The van der Waals surface area contributed by atoms with E-state index >= 15 is 0 Å². The van der Waals surface area contributed by atoms with Crippen LogP contribution in [-0.2, 0) is 12.3 Å². The Balaban J connectivity index is 2.35. The Labute approximate surface area is 173 Å². The van der Waals surface area contributed by atoms with E-state index in [4.69, 9.17) is 12.3 Å². The van der Waals surface area contributed by atoms with E-state index < -0.39 is 18.7 Å². The van der Waals surface area contributed by atoms with Crippen molar-refractivity contribution in [2.75, 3.05) is 19.8 Å². The zero-order valence-electron chi connectivity index (χ0n) is 17.7. The molecule has 2 rings (SSSR count). The van der Waals surface area contributed by atoms with Gasteiger partial charge < -0.3 is 0 Å². The Kier molecular flexibility index (Phi) is 9.66. The first-order valence-corrected chi connectivity index (χ1v) is 15.4. The summed E-state index contributed by atoms with van der Waals surface area (Å²) in [6.45, 7) is 7.89. The van der Waals surface area contributed by atoms with Crippen molar-refractivity contribution in [3.63, 3.8) is 0 Å². The van der Waals surface area contributed by atoms with Gasteiger partial charge in [-0.15, -0.1) is 0 Å². The van der Waals surface area contributed by atoms with Gasteiger partial charge in [-0.25, -0.2) is 0 Å². The van der Waals surface area contributed by atoms with Crippen LogP contribution in [0.25, 0.3) is 0 Å². The summed E-state index contributed by atoms with van der Waals surface area (Å²) in [6, 6.07) is 7.43. The molecule has 0 spiro atoms. The summed E-state index contributed by atoms with van der Waals surface area (Å²) in [5.74, 6) is -0.383. The van der Waals surface area contributed by atoms with E-state index in [0.29, 0.717) is 29.0 Å². The number of carbonyl (C=O) groups is 1. The van der Waals surface area contributed by atoms with Gasteiger partial charge >= 0.3 is 174 Å². The summed E-state index contributed by atoms with van der Waals surface area (Å²) in [5, 5.41) is 0. The van der Waals surface area contributed by atoms with Crippen LogP contribution < -0.4 is 0 Å². The number of benzene rings is 1. The molecule has 0 N–H and O–H groups in total. The monoisotopic (exact) mass is 508 g/mol. The SMILES string of the molecule is CCCCCOI1(OCCCCC)(OCCCCC)OC(=O)c2ccccc21. The molecule has 1 aromatic rings. The summed E-state index contributed by atoms with van der Waals surface area (Å²) in [6.07, 6.45) is 9.14. The first-order valence-electron chi connectivity index (χ1n) is 10.8. The predicted molar refractivity (Wildman–Crippen MR) is 121 cm³/mol. The van der Waals surface area contributed by atoms with Crippen molar-refractivity contribution >= 4 is 24.7 Å². The van der Waals surface area contributed by atoms with Crippen molar-refractivity contribution in [2.45, 2.75) is 78.6 Å². The van der Waals surface area contributed by atoms with Crippen LogP contribution >= 0.6 is 18.7 Å². The van der Waals surface area contributed by atoms with Crippen LogP contribution in [-0.4, -0.2) is 25.8 Å². The first-order chi connectivity index (χ1) is 13.6. The molecule has 162 valence electrons. The Bertz CT molecular complexity index is 585. The van der Waals surface area contributed by atoms with Crippen LogP contribution in [0.4, 0.5) is 0 Å². The van der Waals surface area contributed by atoms with Crippen LogP contribution in [0.3, 0.4) is 0 Å². The molecule has 0 saturated carbocycles. The van der Waals surface area contributed by atoms with Crippen molar-refractivity contribution < 1.29 is 17.1 Å². The molecule has 1 aliphatic heterocycles. The normalized spacial score (nSPS) is 18.2. The van der Waals surface area contributed by atoms with Gasteiger partial charge in [-0.05, 0) is 0 Å². The summed E-state index contributed by atoms with van der Waals surface area (Å²) in [4.78, 5) is 12.7. The molecule has 1 aromatic carbocycles. The second kappa shape index (κ2) is 11.5. The molecule has 1 aliphatic rings. The van der Waals surface area contributed by atoms with E-state index in [1.807, 2.05) is 18.2 Å². The van der Waals surface area contributed by atoms with Crippen molar-refractivity contribution in [3.05, 3.63) is 33.4 Å². The third kappa shape index (κ3) is 5.46. The van der Waals surface area contributed by atoms with Crippen LogP contribution in [0.1, 0.15) is 88.9 Å². The second-order valence-electron chi connectivity index (χ2n) is 7.09. The molecule has 0 fully saturated rings. The number of hydrogen-bond donors (Lipinski definition) is 0. The van der Waals surface area contributed by atoms with Crippen molar-refractivity contribution in [3.8, 4) is 0 Å². The standard InChI is InChI=1S/C22H37IO5/c1-4-7-12-17-25-23(26-18-13-8-5-2,27-19-14-9-6-3)21-16-11-10-15-20(21)22(24)28-23/h10-11,15-16H,4-9,12-14,17-19H2,1-3H3. The molecule has 0 aliphatic carbocycles. The maximum atomic E-state index is 12.7. The Morgan fingerprint density at radius 2 is 1.21 bits per heavy atom. The van der Waals surface area contributed by atoms with Crippen LogP contribution in [0.2, 0.25) is 0 Å². The molecule has 0 saturated heterocycles. The van der Waals surface area contributed by atoms with Crippen LogP contribution in [0.5, 0.6) is 0 Å². The fourth-order valence-electron chi connectivity index (χ4n) is 3.06. The topological polar surface area (TPSA) is 54.0 Å². The molecule has 0 atom stereocenters. The van der Waals surface area contributed by atoms with Gasteiger partial charge in [-0.1, -0.05) is 0 Å². The average Bonchev–Trinajstić information content (AvgIpc) is 2.96. The Morgan fingerprint density at radius 1 is 0.750 bits per heavy atom. The number of rotatable bonds is 15. The molecule has 5 nitrogen and oxygen atoms in total. The summed E-state index contributed by atoms with van der Waals surface area (Å²) in [5.41, 5.74) is 0.526. The minimum absolute atomic E-state index is 0.383. The average molecular weight is 508 g/mol. The molecule has 0 radical (unpaired) electrons. The molecular formula is C22H37IO5. The van der Waals surface area contributed by atoms with Gasteiger partial charge in [0.05, 0.1) is 0 Å². The van der Waals surface area contributed by atoms with Gasteiger partial charge in [-0.3, -0.25) is 0 Å². The molecule has 0 bridgehead atoms. The zero-order valence-corrected chi connectivity index (χ0v) is 19.9. The van der Waals surface area contributed by atoms with E-state index in [0.717, 1.165) is 57.8 Å². The second-order valence-corrected chi connectivity index (χ2v) is 14.5. The third-order valence-electron chi connectivity index (χ3n) is 4.67. The van der Waals surface area contributed by atoms with Crippen LogP contribution in [0, 0.1) is 3.57 Å². The summed E-state index contributed by atoms with van der Waals surface area (Å²) in [7, 11) is 0. The third-order valence-corrected chi connectivity index (χ3v) is 13.2. The van der Waals surface area contributed by atoms with Gasteiger partial charge in [0, 0.05) is 0 Å². The van der Waals surface area contributed by atoms with Crippen LogP contribution in [0.15, 0.2) is 24.3 Å². The van der Waals surface area contributed by atoms with E-state index in [2.05, 4.69) is 20.8 Å². The quantitative estimate of drug-likeness (QED) is 0.191. The summed E-state index contributed by atoms with van der Waals surface area (Å²) < 4.78 is 26.0. The predicted octanol–water partition coefficient (Wildman–Crippen LogP) is 6.88. The molecule has 28 heavy (non-hydrogen) atoms. The summed E-state index contributed by atoms with van der Waals surface area (Å²) >= 11 is -4.96. The number of hydrogen-bond acceptors (Lipinski definition) is 5. The van der Waals surface area contributed by atoms with E-state index in [9.17, 15) is 4.79 Å². The van der Waals surface area contributed by atoms with Gasteiger partial charge in [0.2, 0.25) is 0 Å². The fourth-order valence-corrected chi connectivity index (χ4v) is 11.5. The van der Waals surface area contributed by atoms with E-state index in [-0.39, 0.29) is 5.97 Å². The van der Waals surface area contributed by atoms with Gasteiger partial charge in [0.25, 0.3) is 0 Å². The Morgan fingerprint density at radius 3 is 1.68 bits per heavy atom. The first kappa shape index (κ1) is 23.6. The number of unbranched alkanes of at least 4 members (excludes halogenated alkanes) is 6. The molecule has 1 heterocycles. The van der Waals surface area contributed by atoms with Crippen molar-refractivity contribution in [2.24, 2.45) is 0 Å². The van der Waals surface area contributed by atoms with E-state index in [1.54, 1.807) is 6.07 Å². The molecular weight excluding hydrogens is 471 g/mol. The molecule has 6 heteroatoms. The molecule has 0 unspecified atom stereocenters. The van der Waals surface area contributed by atoms with Gasteiger partial charge in [0.1, 0.15) is 0 Å².